The van der Waals surface area contributed by atoms with Gasteiger partial charge in [0.15, 0.2) is 0 Å². The molecule has 0 heterocycles. The molecule has 16 heteroatoms. The molecule has 1 rings (SSSR count). The van der Waals surface area contributed by atoms with Gasteiger partial charge in [0.05, 0.1) is 70.6 Å². The summed E-state index contributed by atoms with van der Waals surface area (Å²) in [5.74, 6) is -0.633. The highest BCUT2D eigenvalue weighted by Crippen LogP contribution is 2.19. The molecule has 0 spiro atoms. The van der Waals surface area contributed by atoms with Crippen LogP contribution < -0.4 is 16.1 Å². The number of unbranched alkanes of at least 4 members (excludes halogenated alkanes) is 8. The van der Waals surface area contributed by atoms with Gasteiger partial charge in [0.1, 0.15) is 12.4 Å². The number of phenolic OH excluding ortho intramolecular Hbond substituents is 1. The van der Waals surface area contributed by atoms with Crippen LogP contribution in [-0.2, 0) is 49.3 Å². The topological polar surface area (TPSA) is 213 Å². The van der Waals surface area contributed by atoms with Crippen LogP contribution in [0.4, 0.5) is 4.79 Å². The first kappa shape index (κ1) is 58.0. The van der Waals surface area contributed by atoms with Crippen LogP contribution in [0, 0.1) is 5.41 Å². The highest BCUT2D eigenvalue weighted by Gasteiger charge is 2.20. The van der Waals surface area contributed by atoms with Gasteiger partial charge in [0.25, 0.3) is 5.91 Å². The van der Waals surface area contributed by atoms with E-state index in [1.807, 2.05) is 34.6 Å². The smallest absolute Gasteiger partial charge is 0.407 e. The average Bonchev–Trinajstić information content (AvgIpc) is 3.17. The Bertz CT molecular complexity index is 1180. The lowest BCUT2D eigenvalue weighted by Gasteiger charge is -2.19. The molecule has 0 atom stereocenters. The van der Waals surface area contributed by atoms with Crippen LogP contribution in [0.15, 0.2) is 18.2 Å². The highest BCUT2D eigenvalue weighted by atomic mass is 16.7. The van der Waals surface area contributed by atoms with E-state index >= 15 is 0 Å². The van der Waals surface area contributed by atoms with Crippen LogP contribution in [0.1, 0.15) is 129 Å². The van der Waals surface area contributed by atoms with Crippen LogP contribution in [-0.4, -0.2) is 127 Å². The monoisotopic (exact) mass is 848 g/mol. The van der Waals surface area contributed by atoms with Gasteiger partial charge in [-0.1, -0.05) is 71.8 Å². The molecule has 16 nitrogen and oxygen atoms in total. The van der Waals surface area contributed by atoms with E-state index in [1.54, 1.807) is 26.8 Å². The van der Waals surface area contributed by atoms with Crippen molar-refractivity contribution in [2.24, 2.45) is 5.41 Å². The molecule has 59 heavy (non-hydrogen) atoms. The van der Waals surface area contributed by atoms with Crippen LogP contribution >= 0.6 is 0 Å². The first-order chi connectivity index (χ1) is 27.7. The van der Waals surface area contributed by atoms with Crippen LogP contribution in [0.5, 0.6) is 5.75 Å². The number of carbonyl (C=O) groups excluding carboxylic acids is 3. The number of ether oxygens (including phenoxy) is 7. The molecule has 0 aliphatic rings. The molecule has 1 aromatic carbocycles. The molecular weight excluding hydrogens is 766 g/mol. The van der Waals surface area contributed by atoms with Gasteiger partial charge in [-0.2, -0.15) is 0 Å². The Morgan fingerprint density at radius 1 is 0.593 bits per heavy atom. The maximum Gasteiger partial charge on any atom is 0.407 e. The lowest BCUT2D eigenvalue weighted by Crippen LogP contribution is -2.35. The number of benzene rings is 1. The minimum absolute atomic E-state index is 0. The zero-order chi connectivity index (χ0) is 43.3. The Hall–Kier alpha value is -3.09. The number of hydrogen-bond acceptors (Lipinski definition) is 12. The normalized spacial score (nSPS) is 11.3. The van der Waals surface area contributed by atoms with E-state index in [0.717, 1.165) is 32.6 Å². The summed E-state index contributed by atoms with van der Waals surface area (Å²) in [4.78, 5) is 40.7. The van der Waals surface area contributed by atoms with Gasteiger partial charge in [0.2, 0.25) is 5.91 Å². The molecule has 346 valence electrons. The zero-order valence-corrected chi connectivity index (χ0v) is 37.6. The molecule has 0 saturated carbocycles. The number of rotatable bonds is 33. The van der Waals surface area contributed by atoms with Crippen molar-refractivity contribution in [3.05, 3.63) is 29.3 Å². The lowest BCUT2D eigenvalue weighted by atomic mass is 9.96. The molecule has 0 radical (unpaired) electrons. The second kappa shape index (κ2) is 37.9. The maximum atomic E-state index is 12.1. The Kier molecular flexibility index (Phi) is 37.2. The summed E-state index contributed by atoms with van der Waals surface area (Å²) in [6.07, 6.45) is 10.6. The molecule has 0 aliphatic heterocycles. The number of aromatic hydroxyl groups is 1. The number of nitrogens with one attached hydrogen (secondary N) is 3. The van der Waals surface area contributed by atoms with E-state index in [1.165, 1.54) is 57.1 Å². The maximum absolute atomic E-state index is 12.1. The summed E-state index contributed by atoms with van der Waals surface area (Å²) >= 11 is 0. The standard InChI is InChI=1S/C22H45NO4.C21H34N2O8.H2O/c1-5-25-17-18-27-20-19-26-16-14-12-10-8-6-7-9-11-13-15-23-21(24)22(2,3)4;1-5-27-8-9-28-10-11-29-12-13-30-20(26)22-15-16-6-7-17(18(24)14-16)19(25)23-31-21(2,3)4;/h5-20H2,1-4H3,(H,23,24);6-7,14,24H,5,8-13,15H2,1-4H3,(H,22,26)(H,23,25);1H2. The highest BCUT2D eigenvalue weighted by molar-refractivity contribution is 5.96. The van der Waals surface area contributed by atoms with Crippen molar-refractivity contribution in [2.75, 3.05) is 92.4 Å². The fourth-order valence-corrected chi connectivity index (χ4v) is 4.75. The molecular formula is C43H81N3O13. The Morgan fingerprint density at radius 3 is 1.53 bits per heavy atom. The fourth-order valence-electron chi connectivity index (χ4n) is 4.75. The lowest BCUT2D eigenvalue weighted by molar-refractivity contribution is -0.128. The number of hydrogen-bond donors (Lipinski definition) is 4. The summed E-state index contributed by atoms with van der Waals surface area (Å²) in [5.41, 5.74) is 2.12. The van der Waals surface area contributed by atoms with Crippen molar-refractivity contribution in [3.63, 3.8) is 0 Å². The largest absolute Gasteiger partial charge is 0.507 e. The van der Waals surface area contributed by atoms with E-state index in [0.29, 0.717) is 65.0 Å². The predicted molar refractivity (Wildman–Crippen MR) is 228 cm³/mol. The van der Waals surface area contributed by atoms with Gasteiger partial charge >= 0.3 is 6.09 Å². The van der Waals surface area contributed by atoms with Crippen LogP contribution in [0.3, 0.4) is 0 Å². The van der Waals surface area contributed by atoms with Gasteiger partial charge in [0, 0.05) is 38.3 Å². The molecule has 0 aromatic heterocycles. The van der Waals surface area contributed by atoms with Gasteiger partial charge in [-0.25, -0.2) is 10.3 Å². The Morgan fingerprint density at radius 2 is 1.05 bits per heavy atom. The quantitative estimate of drug-likeness (QED) is 0.0470. The number of hydroxylamine groups is 1. The molecule has 0 fully saturated rings. The van der Waals surface area contributed by atoms with Gasteiger partial charge < -0.3 is 54.4 Å². The fraction of sp³-hybridized carbons (Fsp3) is 0.791. The zero-order valence-electron chi connectivity index (χ0n) is 37.6. The second-order valence-electron chi connectivity index (χ2n) is 15.5. The van der Waals surface area contributed by atoms with Crippen molar-refractivity contribution >= 4 is 17.9 Å². The van der Waals surface area contributed by atoms with E-state index in [-0.39, 0.29) is 47.9 Å². The summed E-state index contributed by atoms with van der Waals surface area (Å²) in [5, 5.41) is 15.6. The first-order valence-corrected chi connectivity index (χ1v) is 21.2. The van der Waals surface area contributed by atoms with Crippen LogP contribution in [0.2, 0.25) is 0 Å². The Labute approximate surface area is 354 Å². The summed E-state index contributed by atoms with van der Waals surface area (Å²) < 4.78 is 36.9. The number of amides is 3. The summed E-state index contributed by atoms with van der Waals surface area (Å²) in [6, 6.07) is 4.45. The molecule has 3 amide bonds. The van der Waals surface area contributed by atoms with Gasteiger partial charge in [-0.05, 0) is 65.2 Å². The number of carbonyl (C=O) groups is 3. The Balaban J connectivity index is 0. The number of phenols is 1. The molecule has 0 saturated heterocycles. The average molecular weight is 848 g/mol. The minimum Gasteiger partial charge on any atom is -0.507 e. The summed E-state index contributed by atoms with van der Waals surface area (Å²) in [6.45, 7) is 23.2. The van der Waals surface area contributed by atoms with Crippen molar-refractivity contribution in [1.82, 2.24) is 16.1 Å². The van der Waals surface area contributed by atoms with Gasteiger partial charge in [-0.15, -0.1) is 0 Å². The molecule has 0 aliphatic carbocycles. The molecule has 0 bridgehead atoms. The van der Waals surface area contributed by atoms with Crippen molar-refractivity contribution < 1.29 is 63.0 Å². The van der Waals surface area contributed by atoms with Crippen molar-refractivity contribution in [1.29, 1.82) is 0 Å². The van der Waals surface area contributed by atoms with Gasteiger partial charge in [-0.3, -0.25) is 14.4 Å². The van der Waals surface area contributed by atoms with E-state index in [9.17, 15) is 19.5 Å². The molecule has 6 N–H and O–H groups in total. The first-order valence-electron chi connectivity index (χ1n) is 21.2. The second-order valence-corrected chi connectivity index (χ2v) is 15.5. The third-order valence-corrected chi connectivity index (χ3v) is 7.98. The van der Waals surface area contributed by atoms with Crippen molar-refractivity contribution in [3.8, 4) is 5.75 Å². The van der Waals surface area contributed by atoms with E-state index in [2.05, 4.69) is 16.1 Å². The molecule has 1 aromatic rings. The van der Waals surface area contributed by atoms with Crippen molar-refractivity contribution in [2.45, 2.75) is 125 Å². The SMILES string of the molecule is CCOCCOCCOCCCCCCCCCCCNC(=O)C(C)(C)C.CCOCCOCCOCCOC(=O)NCc1ccc(C(=O)NOC(C)(C)C)c(O)c1.O. The predicted octanol–water partition coefficient (Wildman–Crippen LogP) is 6.05. The number of alkyl carbamates (subject to hydrolysis) is 1. The van der Waals surface area contributed by atoms with E-state index < -0.39 is 17.6 Å². The summed E-state index contributed by atoms with van der Waals surface area (Å²) in [7, 11) is 0. The third kappa shape index (κ3) is 37.6. The van der Waals surface area contributed by atoms with E-state index in [4.69, 9.17) is 38.0 Å². The van der Waals surface area contributed by atoms with Crippen LogP contribution in [0.25, 0.3) is 0 Å². The molecule has 0 unspecified atom stereocenters. The third-order valence-electron chi connectivity index (χ3n) is 7.98. The minimum atomic E-state index is -0.614.